The number of carbonyl (C=O) groups excluding carboxylic acids is 2. The quantitative estimate of drug-likeness (QED) is 0.471. The van der Waals surface area contributed by atoms with Crippen LogP contribution in [0.25, 0.3) is 11.0 Å². The number of anilines is 2. The molecule has 0 radical (unpaired) electrons. The summed E-state index contributed by atoms with van der Waals surface area (Å²) in [7, 11) is -3.77. The van der Waals surface area contributed by atoms with E-state index < -0.39 is 21.8 Å². The average molecular weight is 461 g/mol. The molecular formula is C24H19N3O5S. The van der Waals surface area contributed by atoms with Gasteiger partial charge in [0.2, 0.25) is 5.76 Å². The largest absolute Gasteiger partial charge is 0.449 e. The predicted octanol–water partition coefficient (Wildman–Crippen LogP) is 3.54. The first-order valence-corrected chi connectivity index (χ1v) is 11.6. The highest BCUT2D eigenvalue weighted by Crippen LogP contribution is 2.33. The van der Waals surface area contributed by atoms with Crippen LogP contribution < -0.4 is 15.4 Å². The predicted molar refractivity (Wildman–Crippen MR) is 124 cm³/mol. The van der Waals surface area contributed by atoms with E-state index in [9.17, 15) is 18.0 Å². The highest BCUT2D eigenvalue weighted by molar-refractivity contribution is 7.92. The summed E-state index contributed by atoms with van der Waals surface area (Å²) < 4.78 is 33.2. The van der Waals surface area contributed by atoms with Gasteiger partial charge in [-0.25, -0.2) is 8.42 Å². The van der Waals surface area contributed by atoms with E-state index in [1.165, 1.54) is 28.6 Å². The van der Waals surface area contributed by atoms with Crippen molar-refractivity contribution >= 4 is 44.2 Å². The Bertz CT molecular complexity index is 1510. The van der Waals surface area contributed by atoms with Crippen molar-refractivity contribution in [3.63, 3.8) is 0 Å². The van der Waals surface area contributed by atoms with Crippen LogP contribution in [0.15, 0.2) is 82.1 Å². The van der Waals surface area contributed by atoms with Crippen LogP contribution in [0.5, 0.6) is 0 Å². The second-order valence-electron chi connectivity index (χ2n) is 7.60. The molecule has 0 bridgehead atoms. The van der Waals surface area contributed by atoms with Crippen molar-refractivity contribution in [1.29, 1.82) is 0 Å². The second-order valence-corrected chi connectivity index (χ2v) is 9.46. The third-order valence-corrected chi connectivity index (χ3v) is 7.43. The van der Waals surface area contributed by atoms with Gasteiger partial charge in [0, 0.05) is 17.5 Å². The van der Waals surface area contributed by atoms with E-state index in [2.05, 4.69) is 5.32 Å². The van der Waals surface area contributed by atoms with Crippen LogP contribution in [0, 0.1) is 0 Å². The van der Waals surface area contributed by atoms with Crippen molar-refractivity contribution in [2.75, 3.05) is 16.2 Å². The van der Waals surface area contributed by atoms with Gasteiger partial charge < -0.3 is 15.5 Å². The van der Waals surface area contributed by atoms with Crippen molar-refractivity contribution in [2.45, 2.75) is 11.3 Å². The second kappa shape index (κ2) is 7.79. The first kappa shape index (κ1) is 20.8. The monoisotopic (exact) mass is 461 g/mol. The van der Waals surface area contributed by atoms with Gasteiger partial charge in [0.1, 0.15) is 11.3 Å². The fourth-order valence-corrected chi connectivity index (χ4v) is 5.50. The molecular weight excluding hydrogens is 442 g/mol. The number of furan rings is 1. The first-order chi connectivity index (χ1) is 15.9. The number of sulfonamides is 1. The van der Waals surface area contributed by atoms with Crippen molar-refractivity contribution in [2.24, 2.45) is 5.73 Å². The molecule has 0 unspecified atom stereocenters. The minimum absolute atomic E-state index is 0.0855. The Kier molecular flexibility index (Phi) is 4.90. The van der Waals surface area contributed by atoms with Crippen LogP contribution >= 0.6 is 0 Å². The zero-order valence-corrected chi connectivity index (χ0v) is 18.1. The average Bonchev–Trinajstić information content (AvgIpc) is 3.42. The van der Waals surface area contributed by atoms with Crippen molar-refractivity contribution in [3.05, 3.63) is 89.7 Å². The van der Waals surface area contributed by atoms with E-state index in [1.54, 1.807) is 36.4 Å². The zero-order chi connectivity index (χ0) is 23.2. The number of fused-ring (bicyclic) bond motifs is 2. The standard InChI is InChI=1S/C24H19N3O5S/c25-23(28)22-21(18-6-2-4-8-20(18)32-22)26-24(29)16-9-11-17(12-10-16)33(30,31)27-14-13-15-5-1-3-7-19(15)27/h1-12H,13-14H2,(H2,25,28)(H,26,29). The van der Waals surface area contributed by atoms with Gasteiger partial charge in [-0.2, -0.15) is 0 Å². The maximum Gasteiger partial charge on any atom is 0.286 e. The van der Waals surface area contributed by atoms with Crippen molar-refractivity contribution in [1.82, 2.24) is 0 Å². The fraction of sp³-hybridized carbons (Fsp3) is 0.0833. The molecule has 0 saturated heterocycles. The number of para-hydroxylation sites is 2. The summed E-state index contributed by atoms with van der Waals surface area (Å²) in [6.07, 6.45) is 0.650. The summed E-state index contributed by atoms with van der Waals surface area (Å²) in [6, 6.07) is 19.9. The van der Waals surface area contributed by atoms with E-state index in [0.29, 0.717) is 29.6 Å². The van der Waals surface area contributed by atoms with Crippen molar-refractivity contribution < 1.29 is 22.4 Å². The molecule has 0 spiro atoms. The van der Waals surface area contributed by atoms with Crippen LogP contribution in [0.4, 0.5) is 11.4 Å². The zero-order valence-electron chi connectivity index (χ0n) is 17.3. The van der Waals surface area contributed by atoms with Crippen LogP contribution in [-0.2, 0) is 16.4 Å². The molecule has 0 fully saturated rings. The van der Waals surface area contributed by atoms with E-state index in [4.69, 9.17) is 10.2 Å². The number of nitrogens with two attached hydrogens (primary N) is 1. The third-order valence-electron chi connectivity index (χ3n) is 5.61. The number of amides is 2. The Morgan fingerprint density at radius 3 is 2.39 bits per heavy atom. The Morgan fingerprint density at radius 1 is 0.939 bits per heavy atom. The number of benzene rings is 3. The lowest BCUT2D eigenvalue weighted by atomic mass is 10.2. The maximum absolute atomic E-state index is 13.2. The van der Waals surface area contributed by atoms with Gasteiger partial charge in [-0.05, 0) is 54.4 Å². The van der Waals surface area contributed by atoms with Crippen LogP contribution in [0.1, 0.15) is 26.5 Å². The Morgan fingerprint density at radius 2 is 1.64 bits per heavy atom. The van der Waals surface area contributed by atoms with Gasteiger partial charge >= 0.3 is 0 Å². The number of nitrogens with one attached hydrogen (secondary N) is 1. The lowest BCUT2D eigenvalue weighted by Crippen LogP contribution is -2.29. The van der Waals surface area contributed by atoms with Crippen LogP contribution in [0.2, 0.25) is 0 Å². The summed E-state index contributed by atoms with van der Waals surface area (Å²) in [5, 5.41) is 3.20. The van der Waals surface area contributed by atoms with E-state index >= 15 is 0 Å². The lowest BCUT2D eigenvalue weighted by molar-refractivity contribution is 0.0977. The minimum atomic E-state index is -3.77. The topological polar surface area (TPSA) is 123 Å². The van der Waals surface area contributed by atoms with Crippen LogP contribution in [0.3, 0.4) is 0 Å². The van der Waals surface area contributed by atoms with E-state index in [-0.39, 0.29) is 21.9 Å². The van der Waals surface area contributed by atoms with Crippen LogP contribution in [-0.4, -0.2) is 26.8 Å². The highest BCUT2D eigenvalue weighted by atomic mass is 32.2. The smallest absolute Gasteiger partial charge is 0.286 e. The third kappa shape index (κ3) is 3.52. The molecule has 1 aliphatic heterocycles. The van der Waals surface area contributed by atoms with Crippen molar-refractivity contribution in [3.8, 4) is 0 Å². The number of carbonyl (C=O) groups is 2. The van der Waals surface area contributed by atoms with E-state index in [1.807, 2.05) is 12.1 Å². The molecule has 0 atom stereocenters. The Labute approximate surface area is 189 Å². The summed E-state index contributed by atoms with van der Waals surface area (Å²) in [4.78, 5) is 24.7. The molecule has 5 rings (SSSR count). The summed E-state index contributed by atoms with van der Waals surface area (Å²) >= 11 is 0. The summed E-state index contributed by atoms with van der Waals surface area (Å²) in [6.45, 7) is 0.368. The number of rotatable bonds is 5. The molecule has 2 heterocycles. The molecule has 4 aromatic rings. The Hall–Kier alpha value is -4.11. The first-order valence-electron chi connectivity index (χ1n) is 10.2. The Balaban J connectivity index is 1.42. The molecule has 9 heteroatoms. The molecule has 1 aliphatic rings. The maximum atomic E-state index is 13.2. The molecule has 3 aromatic carbocycles. The van der Waals surface area contributed by atoms with Gasteiger partial charge in [0.25, 0.3) is 21.8 Å². The molecule has 33 heavy (non-hydrogen) atoms. The molecule has 3 N–H and O–H groups in total. The normalized spacial score (nSPS) is 13.2. The van der Waals surface area contributed by atoms with Gasteiger partial charge in [-0.1, -0.05) is 30.3 Å². The molecule has 166 valence electrons. The fourth-order valence-electron chi connectivity index (χ4n) is 3.99. The summed E-state index contributed by atoms with van der Waals surface area (Å²) in [5.74, 6) is -1.50. The van der Waals surface area contributed by atoms with Gasteiger partial charge in [0.15, 0.2) is 0 Å². The molecule has 0 aliphatic carbocycles. The number of primary amides is 1. The van der Waals surface area contributed by atoms with E-state index in [0.717, 1.165) is 5.56 Å². The highest BCUT2D eigenvalue weighted by Gasteiger charge is 2.30. The SMILES string of the molecule is NC(=O)c1oc2ccccc2c1NC(=O)c1ccc(S(=O)(=O)N2CCc3ccccc32)cc1. The number of nitrogens with zero attached hydrogens (tertiary/aromatic N) is 1. The lowest BCUT2D eigenvalue weighted by Gasteiger charge is -2.19. The van der Waals surface area contributed by atoms with Gasteiger partial charge in [-0.3, -0.25) is 13.9 Å². The number of hydrogen-bond donors (Lipinski definition) is 2. The molecule has 1 aromatic heterocycles. The molecule has 8 nitrogen and oxygen atoms in total. The van der Waals surface area contributed by atoms with Gasteiger partial charge in [-0.15, -0.1) is 0 Å². The summed E-state index contributed by atoms with van der Waals surface area (Å²) in [5.41, 5.74) is 7.86. The van der Waals surface area contributed by atoms with Gasteiger partial charge in [0.05, 0.1) is 10.6 Å². The number of hydrogen-bond acceptors (Lipinski definition) is 5. The minimum Gasteiger partial charge on any atom is -0.449 e. The molecule has 0 saturated carbocycles. The molecule has 2 amide bonds.